The van der Waals surface area contributed by atoms with Gasteiger partial charge in [-0.15, -0.1) is 0 Å². The molecule has 3 aromatic rings. The van der Waals surface area contributed by atoms with E-state index >= 15 is 0 Å². The van der Waals surface area contributed by atoms with Crippen LogP contribution in [0.25, 0.3) is 0 Å². The number of likely N-dealkylation sites (N-methyl/N-ethyl adjacent to an activating group) is 1. The topological polar surface area (TPSA) is 96.0 Å². The predicted molar refractivity (Wildman–Crippen MR) is 144 cm³/mol. The molecule has 0 fully saturated rings. The van der Waals surface area contributed by atoms with E-state index in [0.29, 0.717) is 28.6 Å². The highest BCUT2D eigenvalue weighted by atomic mass is 35.5. The van der Waals surface area contributed by atoms with Crippen LogP contribution in [-0.4, -0.2) is 51.4 Å². The normalized spacial score (nSPS) is 11.9. The number of para-hydroxylation sites is 1. The molecular weight excluding hydrogens is 514 g/mol. The first-order valence-electron chi connectivity index (χ1n) is 11.7. The predicted octanol–water partition coefficient (Wildman–Crippen LogP) is 4.10. The SMILES string of the molecule is CCOc1ccc(S(=O)(=O)N(CC(=O)N(Cc2cccc(Cl)c2)C(C)C(=O)NC)c2ccccc2)cc1. The highest BCUT2D eigenvalue weighted by Gasteiger charge is 2.32. The largest absolute Gasteiger partial charge is 0.494 e. The van der Waals surface area contributed by atoms with Crippen molar-refractivity contribution < 1.29 is 22.7 Å². The molecule has 3 aromatic carbocycles. The van der Waals surface area contributed by atoms with Crippen LogP contribution in [0.5, 0.6) is 5.75 Å². The Hall–Kier alpha value is -3.56. The Balaban J connectivity index is 1.99. The molecule has 0 aliphatic heterocycles. The van der Waals surface area contributed by atoms with Crippen molar-refractivity contribution >= 4 is 39.1 Å². The summed E-state index contributed by atoms with van der Waals surface area (Å²) >= 11 is 6.12. The maximum Gasteiger partial charge on any atom is 0.264 e. The summed E-state index contributed by atoms with van der Waals surface area (Å²) in [5.74, 6) is -0.388. The molecule has 0 bridgehead atoms. The maximum absolute atomic E-state index is 13.7. The third-order valence-corrected chi connectivity index (χ3v) is 7.72. The molecule has 0 radical (unpaired) electrons. The zero-order chi connectivity index (χ0) is 27.0. The molecule has 10 heteroatoms. The van der Waals surface area contributed by atoms with E-state index in [2.05, 4.69) is 5.32 Å². The van der Waals surface area contributed by atoms with Gasteiger partial charge in [-0.3, -0.25) is 13.9 Å². The van der Waals surface area contributed by atoms with Crippen LogP contribution in [-0.2, 0) is 26.2 Å². The van der Waals surface area contributed by atoms with Crippen LogP contribution in [0.15, 0.2) is 83.8 Å². The van der Waals surface area contributed by atoms with Crippen LogP contribution in [0.1, 0.15) is 19.4 Å². The Morgan fingerprint density at radius 3 is 2.27 bits per heavy atom. The minimum absolute atomic E-state index is 0.00773. The Bertz CT molecular complexity index is 1320. The Labute approximate surface area is 222 Å². The van der Waals surface area contributed by atoms with E-state index in [9.17, 15) is 18.0 Å². The summed E-state index contributed by atoms with van der Waals surface area (Å²) in [7, 11) is -2.66. The molecule has 1 atom stereocenters. The summed E-state index contributed by atoms with van der Waals surface area (Å²) < 4.78 is 34.0. The fraction of sp³-hybridized carbons (Fsp3) is 0.259. The van der Waals surface area contributed by atoms with E-state index in [0.717, 1.165) is 4.31 Å². The van der Waals surface area contributed by atoms with Crippen LogP contribution in [0, 0.1) is 0 Å². The van der Waals surface area contributed by atoms with Crippen molar-refractivity contribution in [3.63, 3.8) is 0 Å². The number of nitrogens with one attached hydrogen (secondary N) is 1. The molecule has 1 unspecified atom stereocenters. The van der Waals surface area contributed by atoms with E-state index in [1.54, 1.807) is 73.7 Å². The zero-order valence-electron chi connectivity index (χ0n) is 20.9. The van der Waals surface area contributed by atoms with Gasteiger partial charge in [-0.1, -0.05) is 41.9 Å². The first kappa shape index (κ1) is 28.0. The van der Waals surface area contributed by atoms with Gasteiger partial charge in [0.15, 0.2) is 0 Å². The van der Waals surface area contributed by atoms with Crippen molar-refractivity contribution in [1.82, 2.24) is 10.2 Å². The van der Waals surface area contributed by atoms with Gasteiger partial charge >= 0.3 is 0 Å². The van der Waals surface area contributed by atoms with Gasteiger partial charge < -0.3 is 15.0 Å². The molecule has 0 saturated carbocycles. The van der Waals surface area contributed by atoms with Crippen LogP contribution in [0.2, 0.25) is 5.02 Å². The van der Waals surface area contributed by atoms with Gasteiger partial charge in [0.2, 0.25) is 11.8 Å². The first-order valence-corrected chi connectivity index (χ1v) is 13.5. The summed E-state index contributed by atoms with van der Waals surface area (Å²) in [5.41, 5.74) is 1.03. The molecule has 1 N–H and O–H groups in total. The second-order valence-electron chi connectivity index (χ2n) is 8.19. The zero-order valence-corrected chi connectivity index (χ0v) is 22.5. The fourth-order valence-corrected chi connectivity index (χ4v) is 5.38. The number of hydrogen-bond acceptors (Lipinski definition) is 5. The Morgan fingerprint density at radius 1 is 1.00 bits per heavy atom. The number of carbonyl (C=O) groups is 2. The summed E-state index contributed by atoms with van der Waals surface area (Å²) in [6, 6.07) is 20.5. The van der Waals surface area contributed by atoms with Crippen LogP contribution in [0.4, 0.5) is 5.69 Å². The number of nitrogens with zero attached hydrogens (tertiary/aromatic N) is 2. The minimum atomic E-state index is -4.14. The average Bonchev–Trinajstić information content (AvgIpc) is 2.90. The molecule has 196 valence electrons. The second-order valence-corrected chi connectivity index (χ2v) is 10.5. The quantitative estimate of drug-likeness (QED) is 0.393. The van der Waals surface area contributed by atoms with Crippen molar-refractivity contribution in [2.24, 2.45) is 0 Å². The lowest BCUT2D eigenvalue weighted by atomic mass is 10.1. The van der Waals surface area contributed by atoms with Crippen molar-refractivity contribution in [3.05, 3.63) is 89.4 Å². The molecule has 0 aliphatic rings. The fourth-order valence-electron chi connectivity index (χ4n) is 3.75. The van der Waals surface area contributed by atoms with Gasteiger partial charge in [-0.2, -0.15) is 0 Å². The first-order chi connectivity index (χ1) is 17.7. The van der Waals surface area contributed by atoms with Crippen molar-refractivity contribution in [2.75, 3.05) is 24.5 Å². The lowest BCUT2D eigenvalue weighted by molar-refractivity contribution is -0.139. The van der Waals surface area contributed by atoms with Gasteiger partial charge in [-0.25, -0.2) is 8.42 Å². The number of carbonyl (C=O) groups excluding carboxylic acids is 2. The van der Waals surface area contributed by atoms with Crippen LogP contribution < -0.4 is 14.4 Å². The molecule has 8 nitrogen and oxygen atoms in total. The summed E-state index contributed by atoms with van der Waals surface area (Å²) in [5, 5.41) is 3.04. The van der Waals surface area contributed by atoms with E-state index in [1.807, 2.05) is 6.92 Å². The molecule has 0 saturated heterocycles. The molecule has 37 heavy (non-hydrogen) atoms. The lowest BCUT2D eigenvalue weighted by Crippen LogP contribution is -2.50. The number of rotatable bonds is 11. The number of amides is 2. The van der Waals surface area contributed by atoms with Crippen LogP contribution >= 0.6 is 11.6 Å². The number of halogens is 1. The third kappa shape index (κ3) is 7.02. The summed E-state index contributed by atoms with van der Waals surface area (Å²) in [6.07, 6.45) is 0. The van der Waals surface area contributed by atoms with E-state index in [1.165, 1.54) is 24.1 Å². The molecule has 3 rings (SSSR count). The Morgan fingerprint density at radius 2 is 1.68 bits per heavy atom. The van der Waals surface area contributed by atoms with Gasteiger partial charge in [0, 0.05) is 18.6 Å². The number of hydrogen-bond donors (Lipinski definition) is 1. The third-order valence-electron chi connectivity index (χ3n) is 5.70. The molecule has 2 amide bonds. The number of ether oxygens (including phenoxy) is 1. The minimum Gasteiger partial charge on any atom is -0.494 e. The van der Waals surface area contributed by atoms with E-state index in [4.69, 9.17) is 16.3 Å². The molecular formula is C27H30ClN3O5S. The van der Waals surface area contributed by atoms with Crippen LogP contribution in [0.3, 0.4) is 0 Å². The van der Waals surface area contributed by atoms with Crippen molar-refractivity contribution in [3.8, 4) is 5.75 Å². The van der Waals surface area contributed by atoms with Crippen molar-refractivity contribution in [2.45, 2.75) is 31.3 Å². The monoisotopic (exact) mass is 543 g/mol. The number of anilines is 1. The summed E-state index contributed by atoms with van der Waals surface area (Å²) in [4.78, 5) is 27.5. The Kier molecular flexibility index (Phi) is 9.54. The summed E-state index contributed by atoms with van der Waals surface area (Å²) in [6.45, 7) is 3.43. The van der Waals surface area contributed by atoms with Gasteiger partial charge in [-0.05, 0) is 67.9 Å². The van der Waals surface area contributed by atoms with Gasteiger partial charge in [0.05, 0.1) is 17.2 Å². The van der Waals surface area contributed by atoms with E-state index < -0.39 is 28.5 Å². The second kappa shape index (κ2) is 12.6. The smallest absolute Gasteiger partial charge is 0.264 e. The molecule has 0 spiro atoms. The average molecular weight is 544 g/mol. The lowest BCUT2D eigenvalue weighted by Gasteiger charge is -2.31. The molecule has 0 aromatic heterocycles. The van der Waals surface area contributed by atoms with Gasteiger partial charge in [0.25, 0.3) is 10.0 Å². The molecule has 0 heterocycles. The highest BCUT2D eigenvalue weighted by Crippen LogP contribution is 2.26. The number of sulfonamides is 1. The highest BCUT2D eigenvalue weighted by molar-refractivity contribution is 7.92. The van der Waals surface area contributed by atoms with E-state index in [-0.39, 0.29) is 17.3 Å². The standard InChI is InChI=1S/C27H30ClN3O5S/c1-4-36-24-13-15-25(16-14-24)37(34,35)31(23-11-6-5-7-12-23)19-26(32)30(20(2)27(33)29-3)18-21-9-8-10-22(28)17-21/h5-17,20H,4,18-19H2,1-3H3,(H,29,33). The number of benzene rings is 3. The van der Waals surface area contributed by atoms with Gasteiger partial charge in [0.1, 0.15) is 18.3 Å². The molecule has 0 aliphatic carbocycles. The maximum atomic E-state index is 13.7. The van der Waals surface area contributed by atoms with Crippen molar-refractivity contribution in [1.29, 1.82) is 0 Å².